The van der Waals surface area contributed by atoms with Crippen molar-refractivity contribution in [3.05, 3.63) is 48.5 Å². The summed E-state index contributed by atoms with van der Waals surface area (Å²) in [4.78, 5) is 29.7. The van der Waals surface area contributed by atoms with Crippen molar-refractivity contribution < 1.29 is 9.32 Å². The van der Waals surface area contributed by atoms with Gasteiger partial charge in [0.15, 0.2) is 5.82 Å². The van der Waals surface area contributed by atoms with Gasteiger partial charge in [0.25, 0.3) is 5.89 Å². The molecule has 1 aromatic carbocycles. The van der Waals surface area contributed by atoms with Crippen molar-refractivity contribution in [1.29, 1.82) is 0 Å². The van der Waals surface area contributed by atoms with E-state index in [1.165, 1.54) is 0 Å². The first kappa shape index (κ1) is 21.7. The van der Waals surface area contributed by atoms with Gasteiger partial charge in [0.1, 0.15) is 0 Å². The van der Waals surface area contributed by atoms with E-state index in [1.54, 1.807) is 12.4 Å². The largest absolute Gasteiger partial charge is 0.338 e. The van der Waals surface area contributed by atoms with E-state index in [0.717, 1.165) is 44.2 Å². The Bertz CT molecular complexity index is 998. The number of hydrogen-bond acceptors (Lipinski definition) is 8. The maximum Gasteiger partial charge on any atom is 0.319 e. The Morgan fingerprint density at radius 1 is 1.09 bits per heavy atom. The molecule has 10 nitrogen and oxygen atoms in total. The topological polar surface area (TPSA) is 112 Å². The molecule has 0 bridgehead atoms. The van der Waals surface area contributed by atoms with Crippen LogP contribution in [0.3, 0.4) is 0 Å². The first-order chi connectivity index (χ1) is 15.6. The van der Waals surface area contributed by atoms with Crippen molar-refractivity contribution in [2.24, 2.45) is 0 Å². The Morgan fingerprint density at radius 2 is 1.81 bits per heavy atom. The first-order valence-electron chi connectivity index (χ1n) is 10.8. The van der Waals surface area contributed by atoms with E-state index in [-0.39, 0.29) is 11.9 Å². The minimum atomic E-state index is -0.228. The lowest BCUT2D eigenvalue weighted by molar-refractivity contribution is 0.240. The molecule has 4 rings (SSSR count). The number of amides is 2. The fourth-order valence-corrected chi connectivity index (χ4v) is 3.41. The molecule has 10 heteroatoms. The zero-order valence-corrected chi connectivity index (χ0v) is 18.4. The van der Waals surface area contributed by atoms with Crippen molar-refractivity contribution in [3.8, 4) is 11.5 Å². The molecule has 2 aromatic heterocycles. The third-order valence-electron chi connectivity index (χ3n) is 5.27. The summed E-state index contributed by atoms with van der Waals surface area (Å²) in [6.07, 6.45) is 3.52. The average Bonchev–Trinajstić information content (AvgIpc) is 3.31. The number of hydrogen-bond donors (Lipinski definition) is 2. The summed E-state index contributed by atoms with van der Waals surface area (Å²) in [5.41, 5.74) is 1.52. The van der Waals surface area contributed by atoms with Crippen molar-refractivity contribution in [2.75, 3.05) is 49.5 Å². The van der Waals surface area contributed by atoms with Gasteiger partial charge in [-0.3, -0.25) is 4.90 Å². The highest BCUT2D eigenvalue weighted by Crippen LogP contribution is 2.21. The maximum atomic E-state index is 12.2. The fourth-order valence-electron chi connectivity index (χ4n) is 3.41. The molecule has 0 saturated carbocycles. The molecule has 0 unspecified atom stereocenters. The molecule has 0 atom stereocenters. The summed E-state index contributed by atoms with van der Waals surface area (Å²) >= 11 is 0. The van der Waals surface area contributed by atoms with Crippen molar-refractivity contribution in [2.45, 2.75) is 19.8 Å². The summed E-state index contributed by atoms with van der Waals surface area (Å²) in [5.74, 6) is 2.13. The lowest BCUT2D eigenvalue weighted by atomic mass is 10.2. The van der Waals surface area contributed by atoms with Gasteiger partial charge >= 0.3 is 6.03 Å². The number of anilines is 2. The van der Waals surface area contributed by atoms with E-state index < -0.39 is 0 Å². The van der Waals surface area contributed by atoms with Crippen LogP contribution in [0.15, 0.2) is 47.2 Å². The predicted molar refractivity (Wildman–Crippen MR) is 122 cm³/mol. The van der Waals surface area contributed by atoms with Gasteiger partial charge in [-0.05, 0) is 30.3 Å². The van der Waals surface area contributed by atoms with Crippen LogP contribution >= 0.6 is 0 Å². The lowest BCUT2D eigenvalue weighted by Gasteiger charge is -2.34. The lowest BCUT2D eigenvalue weighted by Crippen LogP contribution is -2.49. The standard InChI is InChI=1S/C22H28N8O2/c1-16(2)19-27-20(32-28-19)17-4-6-18(7-5-17)26-22(31)25-10-11-29-12-14-30(15-13-29)21-23-8-3-9-24-21/h3-9,16H,10-15H2,1-2H3,(H2,25,26,31). The number of aromatic nitrogens is 4. The monoisotopic (exact) mass is 436 g/mol. The Hall–Kier alpha value is -3.53. The number of rotatable bonds is 7. The number of piperazine rings is 1. The summed E-state index contributed by atoms with van der Waals surface area (Å²) in [5, 5.41) is 9.74. The van der Waals surface area contributed by atoms with Crippen LogP contribution in [0.5, 0.6) is 0 Å². The minimum absolute atomic E-state index is 0.207. The normalized spacial score (nSPS) is 14.5. The molecule has 0 radical (unpaired) electrons. The van der Waals surface area contributed by atoms with Gasteiger partial charge < -0.3 is 20.1 Å². The number of nitrogens with zero attached hydrogens (tertiary/aromatic N) is 6. The highest BCUT2D eigenvalue weighted by molar-refractivity contribution is 5.89. The molecule has 2 amide bonds. The third-order valence-corrected chi connectivity index (χ3v) is 5.27. The molecule has 0 aliphatic carbocycles. The van der Waals surface area contributed by atoms with Crippen LogP contribution in [0.25, 0.3) is 11.5 Å². The molecular formula is C22H28N8O2. The van der Waals surface area contributed by atoms with E-state index in [9.17, 15) is 4.79 Å². The van der Waals surface area contributed by atoms with E-state index >= 15 is 0 Å². The number of benzene rings is 1. The highest BCUT2D eigenvalue weighted by Gasteiger charge is 2.18. The van der Waals surface area contributed by atoms with Crippen molar-refractivity contribution in [1.82, 2.24) is 30.3 Å². The van der Waals surface area contributed by atoms with E-state index in [2.05, 4.69) is 40.5 Å². The smallest absolute Gasteiger partial charge is 0.319 e. The fraction of sp³-hybridized carbons (Fsp3) is 0.409. The van der Waals surface area contributed by atoms with E-state index in [1.807, 2.05) is 44.2 Å². The van der Waals surface area contributed by atoms with E-state index in [0.29, 0.717) is 23.9 Å². The van der Waals surface area contributed by atoms with Crippen molar-refractivity contribution >= 4 is 17.7 Å². The Morgan fingerprint density at radius 3 is 2.47 bits per heavy atom. The molecule has 1 aliphatic heterocycles. The molecule has 3 heterocycles. The van der Waals surface area contributed by atoms with Crippen LogP contribution < -0.4 is 15.5 Å². The zero-order chi connectivity index (χ0) is 22.3. The van der Waals surface area contributed by atoms with Gasteiger partial charge in [0.05, 0.1) is 0 Å². The first-order valence-corrected chi connectivity index (χ1v) is 10.8. The molecule has 32 heavy (non-hydrogen) atoms. The second-order valence-corrected chi connectivity index (χ2v) is 7.95. The Balaban J connectivity index is 1.18. The van der Waals surface area contributed by atoms with Crippen LogP contribution in [0.1, 0.15) is 25.6 Å². The average molecular weight is 437 g/mol. The second kappa shape index (κ2) is 10.2. The van der Waals surface area contributed by atoms with Gasteiger partial charge in [-0.1, -0.05) is 19.0 Å². The molecule has 3 aromatic rings. The minimum Gasteiger partial charge on any atom is -0.338 e. The highest BCUT2D eigenvalue weighted by atomic mass is 16.5. The van der Waals surface area contributed by atoms with Crippen LogP contribution in [0.2, 0.25) is 0 Å². The van der Waals surface area contributed by atoms with Crippen LogP contribution in [0.4, 0.5) is 16.4 Å². The molecule has 2 N–H and O–H groups in total. The maximum absolute atomic E-state index is 12.2. The summed E-state index contributed by atoms with van der Waals surface area (Å²) in [6, 6.07) is 8.93. The Kier molecular flexibility index (Phi) is 6.90. The molecule has 0 spiro atoms. The van der Waals surface area contributed by atoms with Crippen LogP contribution in [0, 0.1) is 0 Å². The molecule has 168 valence electrons. The van der Waals surface area contributed by atoms with Crippen molar-refractivity contribution in [3.63, 3.8) is 0 Å². The number of carbonyl (C=O) groups is 1. The van der Waals surface area contributed by atoms with Gasteiger partial charge in [-0.15, -0.1) is 0 Å². The quantitative estimate of drug-likeness (QED) is 0.581. The third kappa shape index (κ3) is 5.58. The molecule has 1 fully saturated rings. The van der Waals surface area contributed by atoms with E-state index in [4.69, 9.17) is 4.52 Å². The van der Waals surface area contributed by atoms with Crippen LogP contribution in [-0.4, -0.2) is 70.3 Å². The van der Waals surface area contributed by atoms with Gasteiger partial charge in [0.2, 0.25) is 5.95 Å². The number of carbonyl (C=O) groups excluding carboxylic acids is 1. The van der Waals surface area contributed by atoms with Gasteiger partial charge in [-0.25, -0.2) is 14.8 Å². The predicted octanol–water partition coefficient (Wildman–Crippen LogP) is 2.59. The molecular weight excluding hydrogens is 408 g/mol. The molecule has 1 saturated heterocycles. The molecule has 1 aliphatic rings. The summed E-state index contributed by atoms with van der Waals surface area (Å²) in [6.45, 7) is 8.98. The second-order valence-electron chi connectivity index (χ2n) is 7.95. The SMILES string of the molecule is CC(C)c1noc(-c2ccc(NC(=O)NCCN3CCN(c4ncccn4)CC3)cc2)n1. The van der Waals surface area contributed by atoms with Gasteiger partial charge in [0, 0.05) is 68.8 Å². The Labute approximate surface area is 187 Å². The number of nitrogens with one attached hydrogen (secondary N) is 2. The summed E-state index contributed by atoms with van der Waals surface area (Å²) < 4.78 is 5.30. The zero-order valence-electron chi connectivity index (χ0n) is 18.4. The van der Waals surface area contributed by atoms with Crippen LogP contribution in [-0.2, 0) is 0 Å². The van der Waals surface area contributed by atoms with Gasteiger partial charge in [-0.2, -0.15) is 4.98 Å². The summed E-state index contributed by atoms with van der Waals surface area (Å²) in [7, 11) is 0. The number of urea groups is 1.